The van der Waals surface area contributed by atoms with Crippen molar-refractivity contribution in [3.05, 3.63) is 59.7 Å². The van der Waals surface area contributed by atoms with E-state index in [0.717, 1.165) is 22.6 Å². The van der Waals surface area contributed by atoms with Gasteiger partial charge in [-0.05, 0) is 49.6 Å². The molecule has 0 saturated heterocycles. The molecular formula is C25H34N2O3S. The molecule has 0 aliphatic rings. The second-order valence-corrected chi connectivity index (χ2v) is 8.66. The van der Waals surface area contributed by atoms with E-state index in [1.165, 1.54) is 5.56 Å². The van der Waals surface area contributed by atoms with Crippen LogP contribution in [-0.4, -0.2) is 42.2 Å². The Hall–Kier alpha value is -2.47. The van der Waals surface area contributed by atoms with Gasteiger partial charge in [0.1, 0.15) is 11.8 Å². The van der Waals surface area contributed by atoms with Crippen LogP contribution in [0, 0.1) is 6.92 Å². The molecule has 5 nitrogen and oxygen atoms in total. The molecule has 0 aliphatic carbocycles. The number of carbonyl (C=O) groups excluding carboxylic acids is 2. The first-order chi connectivity index (χ1) is 15.0. The highest BCUT2D eigenvalue weighted by Crippen LogP contribution is 2.21. The van der Waals surface area contributed by atoms with E-state index in [-0.39, 0.29) is 11.8 Å². The van der Waals surface area contributed by atoms with E-state index in [1.807, 2.05) is 38.1 Å². The fourth-order valence-electron chi connectivity index (χ4n) is 3.25. The van der Waals surface area contributed by atoms with Crippen molar-refractivity contribution in [2.45, 2.75) is 57.5 Å². The van der Waals surface area contributed by atoms with Crippen molar-refractivity contribution in [3.63, 3.8) is 0 Å². The Bertz CT molecular complexity index is 822. The second kappa shape index (κ2) is 13.1. The van der Waals surface area contributed by atoms with Gasteiger partial charge in [0.05, 0.1) is 7.11 Å². The second-order valence-electron chi connectivity index (χ2n) is 7.50. The number of amides is 2. The zero-order chi connectivity index (χ0) is 22.6. The number of hydrogen-bond donors (Lipinski definition) is 1. The molecule has 1 atom stereocenters. The zero-order valence-corrected chi connectivity index (χ0v) is 19.8. The molecule has 0 saturated carbocycles. The number of rotatable bonds is 12. The first kappa shape index (κ1) is 24.8. The van der Waals surface area contributed by atoms with Gasteiger partial charge in [0, 0.05) is 30.2 Å². The molecule has 0 bridgehead atoms. The number of thioether (sulfide) groups is 1. The minimum absolute atomic E-state index is 0.00562. The van der Waals surface area contributed by atoms with E-state index >= 15 is 0 Å². The van der Waals surface area contributed by atoms with E-state index in [9.17, 15) is 9.59 Å². The van der Waals surface area contributed by atoms with Gasteiger partial charge in [-0.15, -0.1) is 11.8 Å². The summed E-state index contributed by atoms with van der Waals surface area (Å²) in [4.78, 5) is 28.8. The monoisotopic (exact) mass is 442 g/mol. The van der Waals surface area contributed by atoms with Crippen LogP contribution in [0.4, 0.5) is 0 Å². The van der Waals surface area contributed by atoms with Crippen molar-refractivity contribution < 1.29 is 14.3 Å². The van der Waals surface area contributed by atoms with Gasteiger partial charge < -0.3 is 15.0 Å². The number of carbonyl (C=O) groups is 2. The van der Waals surface area contributed by atoms with Gasteiger partial charge in [-0.25, -0.2) is 0 Å². The van der Waals surface area contributed by atoms with E-state index in [0.29, 0.717) is 31.7 Å². The molecule has 0 aliphatic heterocycles. The number of benzene rings is 2. The summed E-state index contributed by atoms with van der Waals surface area (Å²) in [5.41, 5.74) is 2.19. The summed E-state index contributed by atoms with van der Waals surface area (Å²) in [6.45, 7) is 7.04. The Morgan fingerprint density at radius 2 is 1.74 bits per heavy atom. The van der Waals surface area contributed by atoms with Gasteiger partial charge in [0.15, 0.2) is 0 Å². The molecule has 0 aromatic heterocycles. The lowest BCUT2D eigenvalue weighted by Crippen LogP contribution is -2.49. The number of nitrogens with zero attached hydrogens (tertiary/aromatic N) is 1. The molecule has 0 spiro atoms. The summed E-state index contributed by atoms with van der Waals surface area (Å²) in [6, 6.07) is 15.5. The minimum atomic E-state index is -0.481. The van der Waals surface area contributed by atoms with Crippen LogP contribution in [0.25, 0.3) is 0 Å². The van der Waals surface area contributed by atoms with Crippen LogP contribution in [0.1, 0.15) is 44.2 Å². The van der Waals surface area contributed by atoms with Crippen LogP contribution >= 0.6 is 11.8 Å². The van der Waals surface area contributed by atoms with Crippen LogP contribution in [-0.2, 0) is 16.1 Å². The minimum Gasteiger partial charge on any atom is -0.497 e. The number of methoxy groups -OCH3 is 1. The summed E-state index contributed by atoms with van der Waals surface area (Å²) < 4.78 is 5.23. The number of ether oxygens (including phenoxy) is 1. The Balaban J connectivity index is 2.10. The van der Waals surface area contributed by atoms with Crippen LogP contribution in [0.5, 0.6) is 5.75 Å². The quantitative estimate of drug-likeness (QED) is 0.479. The zero-order valence-electron chi connectivity index (χ0n) is 19.0. The summed E-state index contributed by atoms with van der Waals surface area (Å²) in [5, 5.41) is 2.95. The van der Waals surface area contributed by atoms with Crippen molar-refractivity contribution >= 4 is 23.6 Å². The predicted octanol–water partition coefficient (Wildman–Crippen LogP) is 4.82. The highest BCUT2D eigenvalue weighted by molar-refractivity contribution is 7.99. The molecule has 0 radical (unpaired) electrons. The van der Waals surface area contributed by atoms with Gasteiger partial charge in [-0.2, -0.15) is 0 Å². The van der Waals surface area contributed by atoms with Gasteiger partial charge in [-0.1, -0.05) is 43.7 Å². The molecule has 2 amide bonds. The number of hydrogen-bond acceptors (Lipinski definition) is 4. The summed E-state index contributed by atoms with van der Waals surface area (Å²) >= 11 is 1.66. The summed E-state index contributed by atoms with van der Waals surface area (Å²) in [6.07, 6.45) is 1.82. The van der Waals surface area contributed by atoms with Gasteiger partial charge in [0.2, 0.25) is 11.8 Å². The maximum atomic E-state index is 13.2. The van der Waals surface area contributed by atoms with Crippen molar-refractivity contribution in [2.24, 2.45) is 0 Å². The van der Waals surface area contributed by atoms with Gasteiger partial charge in [-0.3, -0.25) is 9.59 Å². The Labute approximate surface area is 190 Å². The van der Waals surface area contributed by atoms with Crippen LogP contribution in [0.2, 0.25) is 0 Å². The standard InChI is InChI=1S/C25H34N2O3S/c1-5-16-26-25(29)23(6-2)27(18-20-9-11-21(30-4)12-10-20)24(28)15-17-31-22-13-7-19(3)8-14-22/h7-14,23H,5-6,15-18H2,1-4H3,(H,26,29). The predicted molar refractivity (Wildman–Crippen MR) is 127 cm³/mol. The van der Waals surface area contributed by atoms with Crippen LogP contribution in [0.15, 0.2) is 53.4 Å². The van der Waals surface area contributed by atoms with E-state index < -0.39 is 6.04 Å². The summed E-state index contributed by atoms with van der Waals surface area (Å²) in [5.74, 6) is 1.35. The Kier molecular flexibility index (Phi) is 10.4. The average molecular weight is 443 g/mol. The lowest BCUT2D eigenvalue weighted by molar-refractivity contribution is -0.141. The molecular weight excluding hydrogens is 408 g/mol. The topological polar surface area (TPSA) is 58.6 Å². The SMILES string of the molecule is CCCNC(=O)C(CC)N(Cc1ccc(OC)cc1)C(=O)CCSc1ccc(C)cc1. The third-order valence-corrected chi connectivity index (χ3v) is 6.07. The molecule has 1 unspecified atom stereocenters. The van der Waals surface area contributed by atoms with Crippen LogP contribution < -0.4 is 10.1 Å². The first-order valence-electron chi connectivity index (χ1n) is 10.9. The molecule has 1 N–H and O–H groups in total. The molecule has 2 rings (SSSR count). The van der Waals surface area contributed by atoms with Crippen LogP contribution in [0.3, 0.4) is 0 Å². The van der Waals surface area contributed by atoms with Crippen molar-refractivity contribution in [1.82, 2.24) is 10.2 Å². The maximum Gasteiger partial charge on any atom is 0.242 e. The smallest absolute Gasteiger partial charge is 0.242 e. The van der Waals surface area contributed by atoms with Gasteiger partial charge in [0.25, 0.3) is 0 Å². The summed E-state index contributed by atoms with van der Waals surface area (Å²) in [7, 11) is 1.63. The van der Waals surface area contributed by atoms with E-state index in [4.69, 9.17) is 4.74 Å². The van der Waals surface area contributed by atoms with Crippen molar-refractivity contribution in [3.8, 4) is 5.75 Å². The Morgan fingerprint density at radius 1 is 1.06 bits per heavy atom. The number of aryl methyl sites for hydroxylation is 1. The largest absolute Gasteiger partial charge is 0.497 e. The molecule has 0 fully saturated rings. The van der Waals surface area contributed by atoms with E-state index in [1.54, 1.807) is 23.8 Å². The van der Waals surface area contributed by atoms with Crippen molar-refractivity contribution in [2.75, 3.05) is 19.4 Å². The molecule has 2 aromatic carbocycles. The molecule has 6 heteroatoms. The molecule has 31 heavy (non-hydrogen) atoms. The first-order valence-corrected chi connectivity index (χ1v) is 11.9. The lowest BCUT2D eigenvalue weighted by atomic mass is 10.1. The average Bonchev–Trinajstić information content (AvgIpc) is 2.79. The normalized spacial score (nSPS) is 11.6. The molecule has 168 valence electrons. The third kappa shape index (κ3) is 7.94. The fraction of sp³-hybridized carbons (Fsp3) is 0.440. The highest BCUT2D eigenvalue weighted by atomic mass is 32.2. The number of nitrogens with one attached hydrogen (secondary N) is 1. The molecule has 2 aromatic rings. The Morgan fingerprint density at radius 3 is 2.32 bits per heavy atom. The fourth-order valence-corrected chi connectivity index (χ4v) is 4.09. The third-order valence-electron chi connectivity index (χ3n) is 5.05. The van der Waals surface area contributed by atoms with Gasteiger partial charge >= 0.3 is 0 Å². The lowest BCUT2D eigenvalue weighted by Gasteiger charge is -2.30. The molecule has 0 heterocycles. The van der Waals surface area contributed by atoms with Crippen molar-refractivity contribution in [1.29, 1.82) is 0 Å². The maximum absolute atomic E-state index is 13.2. The highest BCUT2D eigenvalue weighted by Gasteiger charge is 2.28. The van der Waals surface area contributed by atoms with E-state index in [2.05, 4.69) is 36.5 Å².